The molecule has 1 aliphatic rings. The summed E-state index contributed by atoms with van der Waals surface area (Å²) in [4.78, 5) is 14.9. The van der Waals surface area contributed by atoms with Crippen LogP contribution in [-0.2, 0) is 13.2 Å². The van der Waals surface area contributed by atoms with Gasteiger partial charge in [0.2, 0.25) is 0 Å². The van der Waals surface area contributed by atoms with Gasteiger partial charge in [-0.15, -0.1) is 11.3 Å². The van der Waals surface area contributed by atoms with Crippen molar-refractivity contribution < 1.29 is 5.11 Å². The number of nitrogens with one attached hydrogen (secondary N) is 2. The number of benzene rings is 1. The molecule has 3 N–H and O–H groups in total. The highest BCUT2D eigenvalue weighted by atomic mass is 32.1. The topological polar surface area (TPSA) is 83.0 Å². The molecule has 1 aromatic carbocycles. The standard InChI is InChI=1S/C22H21N5OS/c1-3-13-8-17(27-20(11-28)25-13)16-5-4-14-15(26-16)6-7-18-21(14)22-19(29-18)10-23-12(2)9-24-22/h3-8,12,23-24,28H,1,9-11H2,2H3/t12-/m1/s1. The number of aromatic nitrogens is 3. The molecule has 0 spiro atoms. The molecule has 3 aromatic heterocycles. The maximum absolute atomic E-state index is 9.46. The van der Waals surface area contributed by atoms with Crippen molar-refractivity contribution in [1.82, 2.24) is 20.3 Å². The summed E-state index contributed by atoms with van der Waals surface area (Å²) in [6.45, 7) is 7.52. The Bertz CT molecular complexity index is 1250. The fourth-order valence-electron chi connectivity index (χ4n) is 3.72. The second kappa shape index (κ2) is 7.18. The van der Waals surface area contributed by atoms with Gasteiger partial charge in [-0.1, -0.05) is 6.58 Å². The van der Waals surface area contributed by atoms with E-state index in [4.69, 9.17) is 4.98 Å². The predicted octanol–water partition coefficient (Wildman–Crippen LogP) is 3.95. The molecule has 0 aliphatic carbocycles. The first kappa shape index (κ1) is 18.2. The highest BCUT2D eigenvalue weighted by Gasteiger charge is 2.19. The zero-order valence-electron chi connectivity index (χ0n) is 16.1. The van der Waals surface area contributed by atoms with Gasteiger partial charge < -0.3 is 15.7 Å². The van der Waals surface area contributed by atoms with Crippen molar-refractivity contribution in [3.63, 3.8) is 0 Å². The van der Waals surface area contributed by atoms with E-state index in [1.807, 2.05) is 23.5 Å². The highest BCUT2D eigenvalue weighted by Crippen LogP contribution is 2.41. The molecule has 0 bridgehead atoms. The van der Waals surface area contributed by atoms with Crippen LogP contribution in [0.5, 0.6) is 0 Å². The van der Waals surface area contributed by atoms with E-state index >= 15 is 0 Å². The van der Waals surface area contributed by atoms with Gasteiger partial charge in [-0.05, 0) is 43.3 Å². The van der Waals surface area contributed by atoms with Crippen LogP contribution in [0.2, 0.25) is 0 Å². The zero-order chi connectivity index (χ0) is 20.0. The Morgan fingerprint density at radius 3 is 2.93 bits per heavy atom. The summed E-state index contributed by atoms with van der Waals surface area (Å²) >= 11 is 1.83. The summed E-state index contributed by atoms with van der Waals surface area (Å²) in [6.07, 6.45) is 1.65. The van der Waals surface area contributed by atoms with Crippen molar-refractivity contribution in [3.05, 3.63) is 53.3 Å². The van der Waals surface area contributed by atoms with Crippen molar-refractivity contribution in [2.75, 3.05) is 11.9 Å². The first-order chi connectivity index (χ1) is 14.2. The average molecular weight is 404 g/mol. The minimum absolute atomic E-state index is 0.220. The van der Waals surface area contributed by atoms with E-state index < -0.39 is 0 Å². The Labute approximate surface area is 172 Å². The highest BCUT2D eigenvalue weighted by molar-refractivity contribution is 7.20. The minimum Gasteiger partial charge on any atom is -0.388 e. The van der Waals surface area contributed by atoms with Crippen LogP contribution in [0.4, 0.5) is 5.69 Å². The number of aliphatic hydroxyl groups is 1. The molecule has 4 heterocycles. The van der Waals surface area contributed by atoms with Crippen LogP contribution in [-0.4, -0.2) is 32.6 Å². The van der Waals surface area contributed by atoms with Gasteiger partial charge >= 0.3 is 0 Å². The molecule has 0 unspecified atom stereocenters. The van der Waals surface area contributed by atoms with Crippen molar-refractivity contribution >= 4 is 44.1 Å². The molecule has 7 heteroatoms. The van der Waals surface area contributed by atoms with Crippen molar-refractivity contribution in [2.45, 2.75) is 26.1 Å². The van der Waals surface area contributed by atoms with Crippen LogP contribution in [0.15, 0.2) is 36.9 Å². The monoisotopic (exact) mass is 403 g/mol. The SMILES string of the molecule is C=Cc1cc(-c2ccc3c(ccc4sc5c(c43)NC[C@@H](C)NC5)n2)nc(CO)n1. The summed E-state index contributed by atoms with van der Waals surface area (Å²) in [5.74, 6) is 0.365. The number of pyridine rings is 1. The third-order valence-electron chi connectivity index (χ3n) is 5.20. The third kappa shape index (κ3) is 3.17. The number of thiophene rings is 1. The number of aliphatic hydroxyl groups excluding tert-OH is 1. The first-order valence-corrected chi connectivity index (χ1v) is 10.4. The van der Waals surface area contributed by atoms with Gasteiger partial charge in [0.1, 0.15) is 6.61 Å². The second-order valence-electron chi connectivity index (χ2n) is 7.22. The van der Waals surface area contributed by atoms with E-state index in [1.165, 1.54) is 20.7 Å². The largest absolute Gasteiger partial charge is 0.388 e. The molecule has 0 radical (unpaired) electrons. The van der Waals surface area contributed by atoms with E-state index in [1.54, 1.807) is 6.08 Å². The molecule has 4 aromatic rings. The summed E-state index contributed by atoms with van der Waals surface area (Å²) in [5.41, 5.74) is 4.25. The van der Waals surface area contributed by atoms with Gasteiger partial charge in [0.05, 0.1) is 28.3 Å². The Hall–Kier alpha value is -2.87. The third-order valence-corrected chi connectivity index (χ3v) is 6.35. The lowest BCUT2D eigenvalue weighted by atomic mass is 10.1. The van der Waals surface area contributed by atoms with Gasteiger partial charge in [-0.3, -0.25) is 0 Å². The molecule has 146 valence electrons. The zero-order valence-corrected chi connectivity index (χ0v) is 16.9. The normalized spacial score (nSPS) is 16.4. The fourth-order valence-corrected chi connectivity index (χ4v) is 4.87. The molecule has 0 fully saturated rings. The first-order valence-electron chi connectivity index (χ1n) is 9.60. The van der Waals surface area contributed by atoms with E-state index in [9.17, 15) is 5.11 Å². The Morgan fingerprint density at radius 1 is 1.21 bits per heavy atom. The number of fused-ring (bicyclic) bond motifs is 5. The number of rotatable bonds is 3. The minimum atomic E-state index is -0.220. The summed E-state index contributed by atoms with van der Waals surface area (Å²) in [5, 5.41) is 19.0. The second-order valence-corrected chi connectivity index (χ2v) is 8.36. The lowest BCUT2D eigenvalue weighted by Crippen LogP contribution is -2.29. The summed E-state index contributed by atoms with van der Waals surface area (Å²) in [7, 11) is 0. The van der Waals surface area contributed by atoms with E-state index in [0.717, 1.165) is 29.7 Å². The number of hydrogen-bond acceptors (Lipinski definition) is 7. The quantitative estimate of drug-likeness (QED) is 0.481. The molecule has 29 heavy (non-hydrogen) atoms. The Morgan fingerprint density at radius 2 is 2.10 bits per heavy atom. The Balaban J connectivity index is 1.67. The van der Waals surface area contributed by atoms with Gasteiger partial charge in [0.15, 0.2) is 5.82 Å². The van der Waals surface area contributed by atoms with Crippen molar-refractivity contribution in [2.24, 2.45) is 0 Å². The smallest absolute Gasteiger partial charge is 0.155 e. The molecule has 0 saturated carbocycles. The van der Waals surface area contributed by atoms with Crippen LogP contribution < -0.4 is 10.6 Å². The fraction of sp³-hybridized carbons (Fsp3) is 0.227. The lowest BCUT2D eigenvalue weighted by Gasteiger charge is -2.10. The molecule has 5 rings (SSSR count). The van der Waals surface area contributed by atoms with Gasteiger partial charge in [0, 0.05) is 39.5 Å². The number of hydrogen-bond donors (Lipinski definition) is 3. The van der Waals surface area contributed by atoms with Crippen LogP contribution in [0.1, 0.15) is 23.3 Å². The van der Waals surface area contributed by atoms with E-state index in [0.29, 0.717) is 23.3 Å². The maximum Gasteiger partial charge on any atom is 0.155 e. The van der Waals surface area contributed by atoms with Gasteiger partial charge in [0.25, 0.3) is 0 Å². The van der Waals surface area contributed by atoms with E-state index in [2.05, 4.69) is 52.3 Å². The summed E-state index contributed by atoms with van der Waals surface area (Å²) < 4.78 is 1.26. The molecular weight excluding hydrogens is 382 g/mol. The van der Waals surface area contributed by atoms with Gasteiger partial charge in [-0.2, -0.15) is 0 Å². The average Bonchev–Trinajstić information content (AvgIpc) is 3.03. The molecule has 0 amide bonds. The van der Waals surface area contributed by atoms with Crippen molar-refractivity contribution in [1.29, 1.82) is 0 Å². The van der Waals surface area contributed by atoms with Crippen LogP contribution in [0, 0.1) is 0 Å². The van der Waals surface area contributed by atoms with Crippen LogP contribution in [0.3, 0.4) is 0 Å². The Kier molecular flexibility index (Phi) is 4.50. The lowest BCUT2D eigenvalue weighted by molar-refractivity contribution is 0.271. The van der Waals surface area contributed by atoms with Crippen LogP contribution in [0.25, 0.3) is 38.5 Å². The number of nitrogens with zero attached hydrogens (tertiary/aromatic N) is 3. The van der Waals surface area contributed by atoms with Crippen molar-refractivity contribution in [3.8, 4) is 11.4 Å². The number of anilines is 1. The van der Waals surface area contributed by atoms with Crippen LogP contribution >= 0.6 is 11.3 Å². The molecule has 0 saturated heterocycles. The van der Waals surface area contributed by atoms with E-state index in [-0.39, 0.29) is 6.61 Å². The van der Waals surface area contributed by atoms with Gasteiger partial charge in [-0.25, -0.2) is 15.0 Å². The maximum atomic E-state index is 9.46. The predicted molar refractivity (Wildman–Crippen MR) is 119 cm³/mol. The molecule has 1 aliphatic heterocycles. The molecular formula is C22H21N5OS. The molecule has 1 atom stereocenters. The summed E-state index contributed by atoms with van der Waals surface area (Å²) in [6, 6.07) is 10.6. The molecule has 6 nitrogen and oxygen atoms in total.